The minimum absolute atomic E-state index is 0.542. The molecule has 0 saturated heterocycles. The fourth-order valence-corrected chi connectivity index (χ4v) is 5.14. The Kier molecular flexibility index (Phi) is 1.81. The molecule has 4 saturated carbocycles. The molecule has 0 amide bonds. The Morgan fingerprint density at radius 1 is 0.938 bits per heavy atom. The molecule has 4 aliphatic rings. The van der Waals surface area contributed by atoms with E-state index in [0.29, 0.717) is 5.41 Å². The monoisotopic (exact) mass is 210 g/mol. The maximum Gasteiger partial charge on any atom is -0.00388 e. The van der Waals surface area contributed by atoms with Crippen LogP contribution >= 0.6 is 0 Å². The SMILES string of the molecule is [c]1[c]cc(C23CC4CC(CC(C4)C2)C3)cc1. The van der Waals surface area contributed by atoms with Crippen LogP contribution in [0.2, 0.25) is 0 Å². The van der Waals surface area contributed by atoms with Gasteiger partial charge in [-0.2, -0.15) is 0 Å². The Morgan fingerprint density at radius 3 is 2.06 bits per heavy atom. The topological polar surface area (TPSA) is 0 Å². The molecule has 0 heteroatoms. The van der Waals surface area contributed by atoms with Crippen molar-refractivity contribution in [3.63, 3.8) is 0 Å². The molecule has 0 heterocycles. The average molecular weight is 210 g/mol. The van der Waals surface area contributed by atoms with E-state index in [1.54, 1.807) is 5.56 Å². The lowest BCUT2D eigenvalue weighted by Gasteiger charge is -2.57. The first-order chi connectivity index (χ1) is 7.84. The van der Waals surface area contributed by atoms with Crippen LogP contribution in [0.5, 0.6) is 0 Å². The molecule has 4 bridgehead atoms. The van der Waals surface area contributed by atoms with Gasteiger partial charge in [0.2, 0.25) is 0 Å². The highest BCUT2D eigenvalue weighted by atomic mass is 14.6. The molecule has 4 aliphatic carbocycles. The molecule has 1 aromatic carbocycles. The lowest BCUT2D eigenvalue weighted by Crippen LogP contribution is -2.48. The Balaban J connectivity index is 1.77. The van der Waals surface area contributed by atoms with E-state index in [-0.39, 0.29) is 0 Å². The average Bonchev–Trinajstić information content (AvgIpc) is 2.28. The van der Waals surface area contributed by atoms with E-state index in [0.717, 1.165) is 17.8 Å². The summed E-state index contributed by atoms with van der Waals surface area (Å²) in [7, 11) is 0. The quantitative estimate of drug-likeness (QED) is 0.662. The van der Waals surface area contributed by atoms with Crippen molar-refractivity contribution in [2.24, 2.45) is 17.8 Å². The van der Waals surface area contributed by atoms with Crippen molar-refractivity contribution in [1.82, 2.24) is 0 Å². The highest BCUT2D eigenvalue weighted by Gasteiger charge is 2.51. The van der Waals surface area contributed by atoms with E-state index in [9.17, 15) is 0 Å². The molecule has 0 nitrogen and oxygen atoms in total. The maximum absolute atomic E-state index is 3.16. The molecule has 0 atom stereocenters. The Bertz CT molecular complexity index is 354. The van der Waals surface area contributed by atoms with Gasteiger partial charge in [0.15, 0.2) is 0 Å². The molecular weight excluding hydrogens is 192 g/mol. The lowest BCUT2D eigenvalue weighted by molar-refractivity contribution is -0.00519. The van der Waals surface area contributed by atoms with E-state index in [1.807, 2.05) is 6.07 Å². The third-order valence-electron chi connectivity index (χ3n) is 5.31. The van der Waals surface area contributed by atoms with Gasteiger partial charge < -0.3 is 0 Å². The van der Waals surface area contributed by atoms with Crippen LogP contribution in [0.25, 0.3) is 0 Å². The summed E-state index contributed by atoms with van der Waals surface area (Å²) in [4.78, 5) is 0. The molecule has 0 N–H and O–H groups in total. The molecule has 0 spiro atoms. The van der Waals surface area contributed by atoms with Crippen LogP contribution in [-0.4, -0.2) is 0 Å². The normalized spacial score (nSPS) is 44.9. The number of hydrogen-bond donors (Lipinski definition) is 0. The zero-order chi connectivity index (χ0) is 10.6. The molecule has 0 aromatic heterocycles. The summed E-state index contributed by atoms with van der Waals surface area (Å²) in [6.07, 6.45) is 8.95. The first kappa shape index (κ1) is 9.27. The van der Waals surface area contributed by atoms with E-state index in [4.69, 9.17) is 0 Å². The zero-order valence-electron chi connectivity index (χ0n) is 9.71. The van der Waals surface area contributed by atoms with E-state index in [1.165, 1.54) is 38.5 Å². The number of rotatable bonds is 1. The summed E-state index contributed by atoms with van der Waals surface area (Å²) in [6.45, 7) is 0. The molecule has 4 fully saturated rings. The predicted molar refractivity (Wildman–Crippen MR) is 64.0 cm³/mol. The van der Waals surface area contributed by atoms with Crippen molar-refractivity contribution >= 4 is 0 Å². The molecule has 1 aromatic rings. The number of benzene rings is 1. The van der Waals surface area contributed by atoms with Crippen molar-refractivity contribution in [1.29, 1.82) is 0 Å². The van der Waals surface area contributed by atoms with Gasteiger partial charge in [-0.25, -0.2) is 0 Å². The summed E-state index contributed by atoms with van der Waals surface area (Å²) in [5.41, 5.74) is 2.10. The van der Waals surface area contributed by atoms with Crippen molar-refractivity contribution in [3.8, 4) is 0 Å². The van der Waals surface area contributed by atoms with Gasteiger partial charge in [0.05, 0.1) is 0 Å². The summed E-state index contributed by atoms with van der Waals surface area (Å²) < 4.78 is 0. The van der Waals surface area contributed by atoms with Crippen molar-refractivity contribution in [2.75, 3.05) is 0 Å². The summed E-state index contributed by atoms with van der Waals surface area (Å²) >= 11 is 0. The van der Waals surface area contributed by atoms with Crippen molar-refractivity contribution in [2.45, 2.75) is 43.9 Å². The van der Waals surface area contributed by atoms with Gasteiger partial charge in [-0.05, 0) is 85.5 Å². The van der Waals surface area contributed by atoms with Crippen LogP contribution in [0.15, 0.2) is 18.2 Å². The van der Waals surface area contributed by atoms with Gasteiger partial charge in [-0.1, -0.05) is 12.1 Å². The molecule has 2 radical (unpaired) electrons. The third kappa shape index (κ3) is 1.22. The van der Waals surface area contributed by atoms with Gasteiger partial charge in [0, 0.05) is 0 Å². The van der Waals surface area contributed by atoms with E-state index in [2.05, 4.69) is 24.3 Å². The second kappa shape index (κ2) is 3.12. The summed E-state index contributed by atoms with van der Waals surface area (Å²) in [5.74, 6) is 3.11. The molecule has 16 heavy (non-hydrogen) atoms. The van der Waals surface area contributed by atoms with Crippen molar-refractivity contribution < 1.29 is 0 Å². The minimum atomic E-state index is 0.542. The second-order valence-electron chi connectivity index (χ2n) is 6.42. The van der Waals surface area contributed by atoms with Gasteiger partial charge in [0.25, 0.3) is 0 Å². The highest BCUT2D eigenvalue weighted by Crippen LogP contribution is 2.60. The maximum atomic E-state index is 3.16. The zero-order valence-corrected chi connectivity index (χ0v) is 9.71. The van der Waals surface area contributed by atoms with Crippen LogP contribution in [0, 0.1) is 29.9 Å². The van der Waals surface area contributed by atoms with Crippen LogP contribution in [0.4, 0.5) is 0 Å². The summed E-state index contributed by atoms with van der Waals surface area (Å²) in [5, 5.41) is 0. The molecule has 0 aliphatic heterocycles. The van der Waals surface area contributed by atoms with Crippen LogP contribution in [-0.2, 0) is 5.41 Å². The smallest absolute Gasteiger partial charge is 0.00388 e. The van der Waals surface area contributed by atoms with Gasteiger partial charge in [-0.15, -0.1) is 0 Å². The fraction of sp³-hybridized carbons (Fsp3) is 0.625. The third-order valence-corrected chi connectivity index (χ3v) is 5.31. The fourth-order valence-electron chi connectivity index (χ4n) is 5.14. The Labute approximate surface area is 98.1 Å². The predicted octanol–water partition coefficient (Wildman–Crippen LogP) is 3.75. The van der Waals surface area contributed by atoms with Crippen LogP contribution in [0.1, 0.15) is 44.1 Å². The van der Waals surface area contributed by atoms with Crippen LogP contribution in [0.3, 0.4) is 0 Å². The lowest BCUT2D eigenvalue weighted by atomic mass is 9.48. The molecule has 5 rings (SSSR count). The minimum Gasteiger partial charge on any atom is -0.0578 e. The van der Waals surface area contributed by atoms with Crippen LogP contribution < -0.4 is 0 Å². The van der Waals surface area contributed by atoms with Crippen molar-refractivity contribution in [3.05, 3.63) is 35.9 Å². The van der Waals surface area contributed by atoms with Gasteiger partial charge >= 0.3 is 0 Å². The largest absolute Gasteiger partial charge is 0.0578 e. The molecule has 82 valence electrons. The molecule has 0 unspecified atom stereocenters. The second-order valence-corrected chi connectivity index (χ2v) is 6.42. The first-order valence-electron chi connectivity index (χ1n) is 6.72. The standard InChI is InChI=1S/C16H18/c1-2-4-15(5-3-1)16-9-12-6-13(10-16)8-14(7-12)11-16/h2,4-5,12-14H,6-11H2. The van der Waals surface area contributed by atoms with Gasteiger partial charge in [0.1, 0.15) is 0 Å². The van der Waals surface area contributed by atoms with E-state index >= 15 is 0 Å². The Morgan fingerprint density at radius 2 is 1.56 bits per heavy atom. The first-order valence-corrected chi connectivity index (χ1v) is 6.72. The summed E-state index contributed by atoms with van der Waals surface area (Å²) in [6, 6.07) is 12.7. The molecular formula is C16H18. The number of hydrogen-bond acceptors (Lipinski definition) is 0. The highest BCUT2D eigenvalue weighted by molar-refractivity contribution is 5.28. The van der Waals surface area contributed by atoms with Gasteiger partial charge in [-0.3, -0.25) is 0 Å². The van der Waals surface area contributed by atoms with E-state index < -0.39 is 0 Å². The Hall–Kier alpha value is -0.780.